The van der Waals surface area contributed by atoms with Gasteiger partial charge in [-0.1, -0.05) is 30.4 Å². The standard InChI is InChI=1S/C8H9NS2.Cu/c1-9(8(10)11)7-5-3-2-4-6-7;/h2-6H,1H3,(H,10,11);/q;+2. The summed E-state index contributed by atoms with van der Waals surface area (Å²) in [6, 6.07) is 9.89. The SMILES string of the molecule is CN(C(=S)S)c1ccccc1.[Cu+2]. The van der Waals surface area contributed by atoms with Crippen molar-refractivity contribution in [3.8, 4) is 0 Å². The van der Waals surface area contributed by atoms with Gasteiger partial charge in [0.2, 0.25) is 0 Å². The van der Waals surface area contributed by atoms with Crippen molar-refractivity contribution in [2.45, 2.75) is 0 Å². The summed E-state index contributed by atoms with van der Waals surface area (Å²) in [4.78, 5) is 1.85. The van der Waals surface area contributed by atoms with Gasteiger partial charge in [-0.25, -0.2) is 0 Å². The Morgan fingerprint density at radius 2 is 1.83 bits per heavy atom. The Morgan fingerprint density at radius 1 is 1.33 bits per heavy atom. The Hall–Kier alpha value is -0.0205. The summed E-state index contributed by atoms with van der Waals surface area (Å²) in [6.45, 7) is 0. The molecule has 0 aliphatic heterocycles. The average molecular weight is 247 g/mol. The fourth-order valence-electron chi connectivity index (χ4n) is 0.762. The second-order valence-corrected chi connectivity index (χ2v) is 3.29. The van der Waals surface area contributed by atoms with E-state index in [0.29, 0.717) is 4.32 Å². The van der Waals surface area contributed by atoms with E-state index in [1.165, 1.54) is 0 Å². The maximum absolute atomic E-state index is 4.89. The molecule has 0 aromatic heterocycles. The normalized spacial score (nSPS) is 8.50. The number of thiol groups is 1. The second kappa shape index (κ2) is 5.60. The molecule has 1 aromatic carbocycles. The van der Waals surface area contributed by atoms with Gasteiger partial charge >= 0.3 is 17.1 Å². The van der Waals surface area contributed by atoms with Gasteiger partial charge in [0.15, 0.2) is 0 Å². The summed E-state index contributed by atoms with van der Waals surface area (Å²) in [7, 11) is 1.89. The topological polar surface area (TPSA) is 3.24 Å². The Labute approximate surface area is 94.0 Å². The van der Waals surface area contributed by atoms with Crippen molar-refractivity contribution in [3.05, 3.63) is 30.3 Å². The van der Waals surface area contributed by atoms with Crippen LogP contribution in [0.4, 0.5) is 5.69 Å². The maximum Gasteiger partial charge on any atom is 2.00 e. The number of hydrogen-bond acceptors (Lipinski definition) is 1. The minimum Gasteiger partial charge on any atom is -0.331 e. The Morgan fingerprint density at radius 3 is 2.25 bits per heavy atom. The van der Waals surface area contributed by atoms with Crippen molar-refractivity contribution in [3.63, 3.8) is 0 Å². The molecule has 0 bridgehead atoms. The van der Waals surface area contributed by atoms with E-state index in [0.717, 1.165) is 5.69 Å². The smallest absolute Gasteiger partial charge is 0.331 e. The van der Waals surface area contributed by atoms with Crippen molar-refractivity contribution in [1.82, 2.24) is 0 Å². The van der Waals surface area contributed by atoms with Crippen LogP contribution in [0.5, 0.6) is 0 Å². The molecule has 0 saturated heterocycles. The second-order valence-electron chi connectivity index (χ2n) is 2.18. The Kier molecular flexibility index (Phi) is 5.59. The Balaban J connectivity index is 0.00000121. The molecule has 0 heterocycles. The first-order valence-corrected chi connectivity index (χ1v) is 4.09. The minimum atomic E-state index is 0. The zero-order chi connectivity index (χ0) is 8.27. The molecule has 0 aliphatic rings. The van der Waals surface area contributed by atoms with Gasteiger partial charge in [0.1, 0.15) is 4.32 Å². The number of para-hydroxylation sites is 1. The molecular weight excluding hydrogens is 238 g/mol. The van der Waals surface area contributed by atoms with Crippen LogP contribution < -0.4 is 4.90 Å². The molecular formula is C8H9CuNS2+2. The van der Waals surface area contributed by atoms with Crippen LogP contribution in [0.25, 0.3) is 0 Å². The van der Waals surface area contributed by atoms with Gasteiger partial charge in [0.25, 0.3) is 0 Å². The van der Waals surface area contributed by atoms with Gasteiger partial charge < -0.3 is 4.90 Å². The van der Waals surface area contributed by atoms with E-state index >= 15 is 0 Å². The summed E-state index contributed by atoms with van der Waals surface area (Å²) in [5, 5.41) is 0. The predicted molar refractivity (Wildman–Crippen MR) is 56.4 cm³/mol. The molecule has 1 radical (unpaired) electrons. The molecule has 4 heteroatoms. The molecule has 67 valence electrons. The van der Waals surface area contributed by atoms with Gasteiger partial charge in [-0.2, -0.15) is 0 Å². The summed E-state index contributed by atoms with van der Waals surface area (Å²) in [5.74, 6) is 0. The van der Waals surface area contributed by atoms with Gasteiger partial charge in [0, 0.05) is 12.7 Å². The van der Waals surface area contributed by atoms with E-state index in [1.54, 1.807) is 0 Å². The molecule has 0 amide bonds. The van der Waals surface area contributed by atoms with E-state index < -0.39 is 0 Å². The fraction of sp³-hybridized carbons (Fsp3) is 0.125. The number of hydrogen-bond donors (Lipinski definition) is 1. The largest absolute Gasteiger partial charge is 2.00 e. The van der Waals surface area contributed by atoms with Crippen LogP contribution >= 0.6 is 24.8 Å². The van der Waals surface area contributed by atoms with Crippen LogP contribution in [0.3, 0.4) is 0 Å². The molecule has 0 spiro atoms. The zero-order valence-electron chi connectivity index (χ0n) is 6.49. The van der Waals surface area contributed by atoms with E-state index in [1.807, 2.05) is 42.3 Å². The van der Waals surface area contributed by atoms with E-state index in [2.05, 4.69) is 12.6 Å². The van der Waals surface area contributed by atoms with Crippen LogP contribution in [0.2, 0.25) is 0 Å². The monoisotopic (exact) mass is 246 g/mol. The van der Waals surface area contributed by atoms with Crippen molar-refractivity contribution in [1.29, 1.82) is 0 Å². The van der Waals surface area contributed by atoms with E-state index in [-0.39, 0.29) is 17.1 Å². The molecule has 1 nitrogen and oxygen atoms in total. The third-order valence-electron chi connectivity index (χ3n) is 1.43. The molecule has 0 saturated carbocycles. The summed E-state index contributed by atoms with van der Waals surface area (Å²) >= 11 is 8.95. The van der Waals surface area contributed by atoms with Gasteiger partial charge in [-0.15, -0.1) is 12.6 Å². The van der Waals surface area contributed by atoms with Crippen molar-refractivity contribution in [2.24, 2.45) is 0 Å². The number of thiocarbonyl (C=S) groups is 1. The Bertz CT molecular complexity index is 250. The third-order valence-corrected chi connectivity index (χ3v) is 2.00. The van der Waals surface area contributed by atoms with Crippen molar-refractivity contribution >= 4 is 34.9 Å². The minimum absolute atomic E-state index is 0. The number of rotatable bonds is 1. The summed E-state index contributed by atoms with van der Waals surface area (Å²) in [5.41, 5.74) is 1.06. The number of nitrogens with zero attached hydrogens (tertiary/aromatic N) is 1. The molecule has 12 heavy (non-hydrogen) atoms. The molecule has 0 atom stereocenters. The summed E-state index contributed by atoms with van der Waals surface area (Å²) in [6.07, 6.45) is 0. The average Bonchev–Trinajstić information content (AvgIpc) is 2.05. The van der Waals surface area contributed by atoms with Gasteiger partial charge in [-0.05, 0) is 12.1 Å². The molecule has 1 aromatic rings. The number of anilines is 1. The first-order valence-electron chi connectivity index (χ1n) is 3.23. The molecule has 0 fully saturated rings. The van der Waals surface area contributed by atoms with Crippen LogP contribution in [-0.4, -0.2) is 11.4 Å². The van der Waals surface area contributed by atoms with Crippen molar-refractivity contribution in [2.75, 3.05) is 11.9 Å². The van der Waals surface area contributed by atoms with Crippen molar-refractivity contribution < 1.29 is 17.1 Å². The van der Waals surface area contributed by atoms with Crippen LogP contribution in [0.1, 0.15) is 0 Å². The van der Waals surface area contributed by atoms with E-state index in [4.69, 9.17) is 12.2 Å². The first kappa shape index (κ1) is 12.0. The maximum atomic E-state index is 4.89. The quantitative estimate of drug-likeness (QED) is 0.460. The molecule has 0 N–H and O–H groups in total. The summed E-state index contributed by atoms with van der Waals surface area (Å²) < 4.78 is 0.580. The van der Waals surface area contributed by atoms with Crippen LogP contribution in [0, 0.1) is 0 Å². The number of benzene rings is 1. The fourth-order valence-corrected chi connectivity index (χ4v) is 0.983. The van der Waals surface area contributed by atoms with Gasteiger partial charge in [-0.3, -0.25) is 0 Å². The van der Waals surface area contributed by atoms with E-state index in [9.17, 15) is 0 Å². The molecule has 0 unspecified atom stereocenters. The zero-order valence-corrected chi connectivity index (χ0v) is 9.14. The molecule has 0 aliphatic carbocycles. The predicted octanol–water partition coefficient (Wildman–Crippen LogP) is 2.33. The van der Waals surface area contributed by atoms with Gasteiger partial charge in [0.05, 0.1) is 0 Å². The first-order chi connectivity index (χ1) is 5.22. The van der Waals surface area contributed by atoms with Crippen LogP contribution in [0.15, 0.2) is 30.3 Å². The van der Waals surface area contributed by atoms with Crippen LogP contribution in [-0.2, 0) is 17.1 Å². The third kappa shape index (κ3) is 3.15. The molecule has 1 rings (SSSR count).